The van der Waals surface area contributed by atoms with Crippen molar-refractivity contribution in [2.45, 2.75) is 34.1 Å². The summed E-state index contributed by atoms with van der Waals surface area (Å²) in [6, 6.07) is 0. The molecule has 0 bridgehead atoms. The fourth-order valence-corrected chi connectivity index (χ4v) is 2.03. The highest BCUT2D eigenvalue weighted by atomic mass is 16.4. The van der Waals surface area contributed by atoms with E-state index >= 15 is 0 Å². The molecule has 0 aliphatic heterocycles. The van der Waals surface area contributed by atoms with Crippen molar-refractivity contribution in [1.29, 1.82) is 0 Å². The van der Waals surface area contributed by atoms with Crippen LogP contribution in [0.3, 0.4) is 0 Å². The maximum absolute atomic E-state index is 11.2. The van der Waals surface area contributed by atoms with E-state index in [4.69, 9.17) is 5.11 Å². The van der Waals surface area contributed by atoms with Gasteiger partial charge in [-0.05, 0) is 18.3 Å². The van der Waals surface area contributed by atoms with Crippen molar-refractivity contribution in [2.75, 3.05) is 6.61 Å². The molecular weight excluding hydrogens is 168 g/mol. The van der Waals surface area contributed by atoms with Crippen molar-refractivity contribution in [3.8, 4) is 0 Å². The van der Waals surface area contributed by atoms with Crippen LogP contribution >= 0.6 is 0 Å². The highest BCUT2D eigenvalue weighted by Gasteiger charge is 2.43. The summed E-state index contributed by atoms with van der Waals surface area (Å²) in [5, 5.41) is 18.1. The Bertz CT molecular complexity index is 165. The fourth-order valence-electron chi connectivity index (χ4n) is 2.03. The van der Waals surface area contributed by atoms with Crippen LogP contribution in [0.1, 0.15) is 34.1 Å². The minimum absolute atomic E-state index is 0.0390. The predicted octanol–water partition coefficient (Wildman–Crippen LogP) is 1.75. The van der Waals surface area contributed by atoms with Gasteiger partial charge in [0.05, 0.1) is 5.41 Å². The van der Waals surface area contributed by atoms with E-state index in [9.17, 15) is 9.90 Å². The lowest BCUT2D eigenvalue weighted by molar-refractivity contribution is -0.157. The highest BCUT2D eigenvalue weighted by molar-refractivity contribution is 5.75. The van der Waals surface area contributed by atoms with Crippen LogP contribution in [-0.4, -0.2) is 22.8 Å². The Kier molecular flexibility index (Phi) is 4.40. The van der Waals surface area contributed by atoms with Crippen LogP contribution in [0.25, 0.3) is 0 Å². The summed E-state index contributed by atoms with van der Waals surface area (Å²) in [5.41, 5.74) is -0.783. The van der Waals surface area contributed by atoms with Gasteiger partial charge < -0.3 is 10.2 Å². The zero-order valence-corrected chi connectivity index (χ0v) is 8.87. The zero-order chi connectivity index (χ0) is 10.6. The van der Waals surface area contributed by atoms with Crippen LogP contribution in [0.5, 0.6) is 0 Å². The Morgan fingerprint density at radius 1 is 1.23 bits per heavy atom. The monoisotopic (exact) mass is 188 g/mol. The van der Waals surface area contributed by atoms with E-state index in [1.807, 2.05) is 27.7 Å². The molecule has 0 spiro atoms. The molecule has 0 saturated heterocycles. The van der Waals surface area contributed by atoms with E-state index in [0.29, 0.717) is 6.42 Å². The van der Waals surface area contributed by atoms with Gasteiger partial charge in [0.25, 0.3) is 0 Å². The minimum atomic E-state index is -0.799. The number of carboxylic acids is 1. The number of rotatable bonds is 5. The molecule has 0 saturated carbocycles. The Morgan fingerprint density at radius 2 is 1.62 bits per heavy atom. The molecule has 0 aromatic heterocycles. The van der Waals surface area contributed by atoms with Gasteiger partial charge in [-0.3, -0.25) is 4.79 Å². The lowest BCUT2D eigenvalue weighted by atomic mass is 9.67. The summed E-state index contributed by atoms with van der Waals surface area (Å²) in [4.78, 5) is 11.2. The zero-order valence-electron chi connectivity index (χ0n) is 8.87. The first kappa shape index (κ1) is 12.4. The van der Waals surface area contributed by atoms with Crippen LogP contribution in [0, 0.1) is 17.3 Å². The second-order valence-electron chi connectivity index (χ2n) is 4.13. The van der Waals surface area contributed by atoms with Crippen molar-refractivity contribution in [3.63, 3.8) is 0 Å². The number of hydrogen-bond donors (Lipinski definition) is 2. The van der Waals surface area contributed by atoms with E-state index in [1.54, 1.807) is 0 Å². The highest BCUT2D eigenvalue weighted by Crippen LogP contribution is 2.39. The first-order chi connectivity index (χ1) is 5.89. The topological polar surface area (TPSA) is 57.5 Å². The molecule has 0 rings (SSSR count). The summed E-state index contributed by atoms with van der Waals surface area (Å²) in [5.74, 6) is -0.721. The third-order valence-corrected chi connectivity index (χ3v) is 2.98. The number of hydrogen-bond acceptors (Lipinski definition) is 2. The molecule has 0 heterocycles. The Balaban J connectivity index is 4.93. The van der Waals surface area contributed by atoms with Gasteiger partial charge in [-0.15, -0.1) is 0 Å². The number of aliphatic carboxylic acids is 1. The van der Waals surface area contributed by atoms with Gasteiger partial charge >= 0.3 is 5.97 Å². The van der Waals surface area contributed by atoms with Crippen molar-refractivity contribution >= 4 is 5.97 Å². The average Bonchev–Trinajstić information content (AvgIpc) is 1.97. The molecule has 0 amide bonds. The number of carbonyl (C=O) groups is 1. The summed E-state index contributed by atoms with van der Waals surface area (Å²) >= 11 is 0. The van der Waals surface area contributed by atoms with Crippen LogP contribution in [0.2, 0.25) is 0 Å². The van der Waals surface area contributed by atoms with E-state index in [1.165, 1.54) is 0 Å². The SMILES string of the molecule is CC(C)C(CCO)(C(=O)O)C(C)C. The van der Waals surface area contributed by atoms with E-state index in [2.05, 4.69) is 0 Å². The largest absolute Gasteiger partial charge is 0.481 e. The summed E-state index contributed by atoms with van der Waals surface area (Å²) in [6.45, 7) is 7.50. The fraction of sp³-hybridized carbons (Fsp3) is 0.900. The van der Waals surface area contributed by atoms with Gasteiger partial charge in [0, 0.05) is 6.61 Å². The van der Waals surface area contributed by atoms with Crippen molar-refractivity contribution in [2.24, 2.45) is 17.3 Å². The van der Waals surface area contributed by atoms with Gasteiger partial charge in [-0.2, -0.15) is 0 Å². The summed E-state index contributed by atoms with van der Waals surface area (Å²) in [7, 11) is 0. The Morgan fingerprint density at radius 3 is 1.69 bits per heavy atom. The molecule has 0 aliphatic rings. The second kappa shape index (κ2) is 4.61. The molecule has 3 nitrogen and oxygen atoms in total. The maximum atomic E-state index is 11.2. The molecule has 0 aliphatic carbocycles. The molecular formula is C10H20O3. The smallest absolute Gasteiger partial charge is 0.310 e. The average molecular weight is 188 g/mol. The lowest BCUT2D eigenvalue weighted by Gasteiger charge is -2.36. The van der Waals surface area contributed by atoms with Gasteiger partial charge in [0.2, 0.25) is 0 Å². The van der Waals surface area contributed by atoms with Crippen LogP contribution in [-0.2, 0) is 4.79 Å². The number of carboxylic acid groups (broad SMARTS) is 1. The van der Waals surface area contributed by atoms with Crippen molar-refractivity contribution in [1.82, 2.24) is 0 Å². The second-order valence-corrected chi connectivity index (χ2v) is 4.13. The summed E-state index contributed by atoms with van der Waals surface area (Å²) in [6.07, 6.45) is 0.331. The molecule has 13 heavy (non-hydrogen) atoms. The summed E-state index contributed by atoms with van der Waals surface area (Å²) < 4.78 is 0. The van der Waals surface area contributed by atoms with Crippen LogP contribution < -0.4 is 0 Å². The van der Waals surface area contributed by atoms with Crippen molar-refractivity contribution in [3.05, 3.63) is 0 Å². The van der Waals surface area contributed by atoms with E-state index in [-0.39, 0.29) is 18.4 Å². The van der Waals surface area contributed by atoms with Gasteiger partial charge in [0.15, 0.2) is 0 Å². The predicted molar refractivity (Wildman–Crippen MR) is 51.4 cm³/mol. The third kappa shape index (κ3) is 2.21. The standard InChI is InChI=1S/C10H20O3/c1-7(2)10(5-6-11,8(3)4)9(12)13/h7-8,11H,5-6H2,1-4H3,(H,12,13). The van der Waals surface area contributed by atoms with Gasteiger partial charge in [0.1, 0.15) is 0 Å². The third-order valence-electron chi connectivity index (χ3n) is 2.98. The van der Waals surface area contributed by atoms with Crippen LogP contribution in [0.4, 0.5) is 0 Å². The van der Waals surface area contributed by atoms with Gasteiger partial charge in [-0.1, -0.05) is 27.7 Å². The van der Waals surface area contributed by atoms with Gasteiger partial charge in [-0.25, -0.2) is 0 Å². The first-order valence-corrected chi connectivity index (χ1v) is 4.73. The Labute approximate surface area is 79.8 Å². The van der Waals surface area contributed by atoms with Crippen molar-refractivity contribution < 1.29 is 15.0 Å². The lowest BCUT2D eigenvalue weighted by Crippen LogP contribution is -2.42. The minimum Gasteiger partial charge on any atom is -0.481 e. The molecule has 3 heteroatoms. The quantitative estimate of drug-likeness (QED) is 0.691. The molecule has 0 aromatic rings. The molecule has 0 fully saturated rings. The molecule has 2 N–H and O–H groups in total. The van der Waals surface area contributed by atoms with E-state index < -0.39 is 11.4 Å². The van der Waals surface area contributed by atoms with E-state index in [0.717, 1.165) is 0 Å². The number of aliphatic hydroxyl groups excluding tert-OH is 1. The molecule has 0 radical (unpaired) electrons. The maximum Gasteiger partial charge on any atom is 0.310 e. The first-order valence-electron chi connectivity index (χ1n) is 4.73. The molecule has 0 aromatic carbocycles. The Hall–Kier alpha value is -0.570. The normalized spacial score (nSPS) is 12.5. The molecule has 78 valence electrons. The number of aliphatic hydroxyl groups is 1. The molecule has 0 atom stereocenters. The van der Waals surface area contributed by atoms with Crippen LogP contribution in [0.15, 0.2) is 0 Å². The molecule has 0 unspecified atom stereocenters.